The molecular weight excluding hydrogens is 176 g/mol. The van der Waals surface area contributed by atoms with Crippen LogP contribution >= 0.6 is 0 Å². The molecule has 80 valence electrons. The van der Waals surface area contributed by atoms with E-state index in [0.29, 0.717) is 12.5 Å². The van der Waals surface area contributed by atoms with Gasteiger partial charge < -0.3 is 5.73 Å². The van der Waals surface area contributed by atoms with E-state index in [2.05, 4.69) is 30.9 Å². The van der Waals surface area contributed by atoms with Gasteiger partial charge in [0.15, 0.2) is 0 Å². The largest absolute Gasteiger partial charge is 0.330 e. The lowest BCUT2D eigenvalue weighted by atomic mass is 9.78. The summed E-state index contributed by atoms with van der Waals surface area (Å²) in [6, 6.07) is 0. The van der Waals surface area contributed by atoms with Crippen LogP contribution in [0, 0.1) is 11.3 Å². The topological polar surface area (TPSA) is 56.7 Å². The number of aromatic nitrogens is 3. The van der Waals surface area contributed by atoms with Gasteiger partial charge in [-0.15, -0.1) is 0 Å². The molecule has 0 radical (unpaired) electrons. The lowest BCUT2D eigenvalue weighted by Gasteiger charge is -2.29. The first kappa shape index (κ1) is 11.2. The molecule has 0 fully saturated rings. The third-order valence-electron chi connectivity index (χ3n) is 2.74. The highest BCUT2D eigenvalue weighted by Gasteiger charge is 2.24. The van der Waals surface area contributed by atoms with E-state index < -0.39 is 0 Å². The summed E-state index contributed by atoms with van der Waals surface area (Å²) in [7, 11) is 1.92. The van der Waals surface area contributed by atoms with Crippen molar-refractivity contribution < 1.29 is 0 Å². The van der Waals surface area contributed by atoms with Gasteiger partial charge in [-0.05, 0) is 17.9 Å². The minimum absolute atomic E-state index is 0.223. The lowest BCUT2D eigenvalue weighted by Crippen LogP contribution is -2.30. The van der Waals surface area contributed by atoms with Crippen LogP contribution in [0.15, 0.2) is 6.33 Å². The van der Waals surface area contributed by atoms with E-state index >= 15 is 0 Å². The summed E-state index contributed by atoms with van der Waals surface area (Å²) >= 11 is 0. The summed E-state index contributed by atoms with van der Waals surface area (Å²) in [5.74, 6) is 1.46. The first-order valence-electron chi connectivity index (χ1n) is 4.98. The van der Waals surface area contributed by atoms with E-state index in [0.717, 1.165) is 12.2 Å². The maximum atomic E-state index is 5.77. The lowest BCUT2D eigenvalue weighted by molar-refractivity contribution is 0.240. The molecule has 0 saturated heterocycles. The fraction of sp³-hybridized carbons (Fsp3) is 0.800. The Hall–Kier alpha value is -0.900. The van der Waals surface area contributed by atoms with Crippen LogP contribution in [0.1, 0.15) is 26.6 Å². The smallest absolute Gasteiger partial charge is 0.138 e. The van der Waals surface area contributed by atoms with Gasteiger partial charge >= 0.3 is 0 Å². The Morgan fingerprint density at radius 1 is 1.50 bits per heavy atom. The van der Waals surface area contributed by atoms with Crippen molar-refractivity contribution in [3.05, 3.63) is 12.2 Å². The molecule has 1 heterocycles. The van der Waals surface area contributed by atoms with Crippen molar-refractivity contribution >= 4 is 0 Å². The molecule has 2 N–H and O–H groups in total. The van der Waals surface area contributed by atoms with E-state index in [1.807, 2.05) is 11.7 Å². The zero-order valence-electron chi connectivity index (χ0n) is 9.49. The highest BCUT2D eigenvalue weighted by atomic mass is 15.3. The Labute approximate surface area is 85.5 Å². The zero-order valence-corrected chi connectivity index (χ0v) is 9.49. The summed E-state index contributed by atoms with van der Waals surface area (Å²) < 4.78 is 1.81. The van der Waals surface area contributed by atoms with Gasteiger partial charge in [-0.1, -0.05) is 20.8 Å². The summed E-state index contributed by atoms with van der Waals surface area (Å²) in [5.41, 5.74) is 5.99. The molecule has 1 aromatic rings. The van der Waals surface area contributed by atoms with E-state index in [-0.39, 0.29) is 5.41 Å². The van der Waals surface area contributed by atoms with Crippen molar-refractivity contribution in [3.63, 3.8) is 0 Å². The van der Waals surface area contributed by atoms with Crippen molar-refractivity contribution in [2.75, 3.05) is 6.54 Å². The Morgan fingerprint density at radius 2 is 2.14 bits per heavy atom. The first-order valence-corrected chi connectivity index (χ1v) is 4.98. The molecule has 1 aromatic heterocycles. The van der Waals surface area contributed by atoms with Gasteiger partial charge in [0.2, 0.25) is 0 Å². The minimum atomic E-state index is 0.223. The highest BCUT2D eigenvalue weighted by molar-refractivity contribution is 4.90. The second kappa shape index (κ2) is 4.09. The van der Waals surface area contributed by atoms with E-state index in [1.54, 1.807) is 6.33 Å². The number of nitrogens with zero attached hydrogens (tertiary/aromatic N) is 3. The van der Waals surface area contributed by atoms with Crippen LogP contribution in [-0.2, 0) is 13.5 Å². The summed E-state index contributed by atoms with van der Waals surface area (Å²) in [5, 5.41) is 4.05. The van der Waals surface area contributed by atoms with Gasteiger partial charge in [0.1, 0.15) is 12.2 Å². The number of nitrogens with two attached hydrogens (primary N) is 1. The number of hydrogen-bond acceptors (Lipinski definition) is 3. The van der Waals surface area contributed by atoms with Crippen LogP contribution in [0.2, 0.25) is 0 Å². The van der Waals surface area contributed by atoms with Crippen LogP contribution in [0.4, 0.5) is 0 Å². The third-order valence-corrected chi connectivity index (χ3v) is 2.74. The van der Waals surface area contributed by atoms with Crippen molar-refractivity contribution in [1.29, 1.82) is 0 Å². The predicted molar refractivity (Wildman–Crippen MR) is 56.7 cm³/mol. The average molecular weight is 196 g/mol. The highest BCUT2D eigenvalue weighted by Crippen LogP contribution is 2.27. The number of hydrogen-bond donors (Lipinski definition) is 1. The molecule has 0 aromatic carbocycles. The van der Waals surface area contributed by atoms with Crippen molar-refractivity contribution in [3.8, 4) is 0 Å². The Balaban J connectivity index is 2.71. The molecule has 0 aliphatic rings. The van der Waals surface area contributed by atoms with Gasteiger partial charge in [-0.2, -0.15) is 5.10 Å². The standard InChI is InChI=1S/C10H20N4/c1-10(2,3)8(6-11)5-9-12-7-13-14(9)4/h7-8H,5-6,11H2,1-4H3. The Morgan fingerprint density at radius 3 is 2.50 bits per heavy atom. The first-order chi connectivity index (χ1) is 6.45. The average Bonchev–Trinajstić information content (AvgIpc) is 2.45. The molecule has 1 atom stereocenters. The Kier molecular flexibility index (Phi) is 3.26. The fourth-order valence-electron chi connectivity index (χ4n) is 1.47. The summed E-state index contributed by atoms with van der Waals surface area (Å²) in [6.07, 6.45) is 2.49. The molecule has 0 aliphatic heterocycles. The molecular formula is C10H20N4. The van der Waals surface area contributed by atoms with Gasteiger partial charge in [-0.3, -0.25) is 4.68 Å². The summed E-state index contributed by atoms with van der Waals surface area (Å²) in [4.78, 5) is 4.21. The third kappa shape index (κ3) is 2.54. The second-order valence-electron chi connectivity index (χ2n) is 4.80. The maximum Gasteiger partial charge on any atom is 0.138 e. The van der Waals surface area contributed by atoms with Crippen molar-refractivity contribution in [2.45, 2.75) is 27.2 Å². The molecule has 4 nitrogen and oxygen atoms in total. The van der Waals surface area contributed by atoms with Crippen LogP contribution in [-0.4, -0.2) is 21.3 Å². The number of rotatable bonds is 3. The monoisotopic (exact) mass is 196 g/mol. The molecule has 4 heteroatoms. The van der Waals surface area contributed by atoms with E-state index in [1.165, 1.54) is 0 Å². The van der Waals surface area contributed by atoms with Crippen molar-refractivity contribution in [1.82, 2.24) is 14.8 Å². The van der Waals surface area contributed by atoms with Crippen LogP contribution in [0.25, 0.3) is 0 Å². The molecule has 14 heavy (non-hydrogen) atoms. The molecule has 0 amide bonds. The normalized spacial score (nSPS) is 14.4. The number of aryl methyl sites for hydroxylation is 1. The van der Waals surface area contributed by atoms with Crippen LogP contribution in [0.5, 0.6) is 0 Å². The van der Waals surface area contributed by atoms with Gasteiger partial charge in [0.05, 0.1) is 0 Å². The Bertz CT molecular complexity index is 285. The molecule has 0 saturated carbocycles. The van der Waals surface area contributed by atoms with Gasteiger partial charge in [-0.25, -0.2) is 4.98 Å². The van der Waals surface area contributed by atoms with Gasteiger partial charge in [0, 0.05) is 13.5 Å². The van der Waals surface area contributed by atoms with E-state index in [4.69, 9.17) is 5.73 Å². The fourth-order valence-corrected chi connectivity index (χ4v) is 1.47. The van der Waals surface area contributed by atoms with E-state index in [9.17, 15) is 0 Å². The SMILES string of the molecule is Cn1ncnc1CC(CN)C(C)(C)C. The molecule has 0 aliphatic carbocycles. The van der Waals surface area contributed by atoms with Crippen LogP contribution < -0.4 is 5.73 Å². The van der Waals surface area contributed by atoms with Crippen molar-refractivity contribution in [2.24, 2.45) is 24.1 Å². The summed E-state index contributed by atoms with van der Waals surface area (Å²) in [6.45, 7) is 7.32. The molecule has 0 bridgehead atoms. The molecule has 1 unspecified atom stereocenters. The minimum Gasteiger partial charge on any atom is -0.330 e. The second-order valence-corrected chi connectivity index (χ2v) is 4.80. The maximum absolute atomic E-state index is 5.77. The molecule has 0 spiro atoms. The van der Waals surface area contributed by atoms with Crippen LogP contribution in [0.3, 0.4) is 0 Å². The molecule has 1 rings (SSSR count). The predicted octanol–water partition coefficient (Wildman–Crippen LogP) is 0.979. The van der Waals surface area contributed by atoms with Gasteiger partial charge in [0.25, 0.3) is 0 Å². The zero-order chi connectivity index (χ0) is 10.8. The quantitative estimate of drug-likeness (QED) is 0.784.